The first-order valence-electron chi connectivity index (χ1n) is 3.52. The number of hydrogen-bond donors (Lipinski definition) is 0. The summed E-state index contributed by atoms with van der Waals surface area (Å²) in [4.78, 5) is 0. The van der Waals surface area contributed by atoms with Gasteiger partial charge in [0.25, 0.3) is 0 Å². The summed E-state index contributed by atoms with van der Waals surface area (Å²) >= 11 is 3.43. The normalized spacial score (nSPS) is 10.7. The molecule has 2 aromatic rings. The molecule has 2 heteroatoms. The van der Waals surface area contributed by atoms with Crippen LogP contribution in [0.5, 0.6) is 0 Å². The Hall–Kier alpha value is -0.760. The van der Waals surface area contributed by atoms with Crippen LogP contribution in [0.3, 0.4) is 0 Å². The van der Waals surface area contributed by atoms with Gasteiger partial charge in [-0.3, -0.25) is 3.59 Å². The van der Waals surface area contributed by atoms with Crippen molar-refractivity contribution in [2.24, 2.45) is 0 Å². The lowest BCUT2D eigenvalue weighted by molar-refractivity contribution is 1.36. The number of hydrogen-bond acceptors (Lipinski definition) is 0. The zero-order valence-corrected chi connectivity index (χ0v) is 7.80. The zero-order valence-electron chi connectivity index (χ0n) is 6.21. The van der Waals surface area contributed by atoms with Crippen LogP contribution in [0.1, 0.15) is 5.56 Å². The summed E-state index contributed by atoms with van der Waals surface area (Å²) in [6, 6.07) is 8.32. The molecule has 56 valence electrons. The Morgan fingerprint density at radius 2 is 2.00 bits per heavy atom. The maximum absolute atomic E-state index is 3.43. The second-order valence-electron chi connectivity index (χ2n) is 2.64. The van der Waals surface area contributed by atoms with Crippen LogP contribution in [-0.4, -0.2) is 3.59 Å². The molecule has 0 aliphatic heterocycles. The summed E-state index contributed by atoms with van der Waals surface area (Å²) in [5, 5.41) is 1.31. The fraction of sp³-hybridized carbons (Fsp3) is 0.111. The van der Waals surface area contributed by atoms with Gasteiger partial charge in [-0.05, 0) is 18.6 Å². The van der Waals surface area contributed by atoms with Crippen molar-refractivity contribution in [2.45, 2.75) is 6.92 Å². The molecule has 1 aromatic heterocycles. The standard InChI is InChI=1S/C9H8BrN/c1-7-6-11(10)9-5-3-2-4-8(7)9/h2-6H,1H3. The molecule has 0 atom stereocenters. The van der Waals surface area contributed by atoms with Gasteiger partial charge in [0.15, 0.2) is 0 Å². The molecule has 0 unspecified atom stereocenters. The average Bonchev–Trinajstić information content (AvgIpc) is 2.30. The van der Waals surface area contributed by atoms with E-state index in [1.807, 2.05) is 9.66 Å². The number of benzene rings is 1. The molecular weight excluding hydrogens is 202 g/mol. The SMILES string of the molecule is Cc1cn(Br)c2ccccc12. The van der Waals surface area contributed by atoms with Gasteiger partial charge in [-0.1, -0.05) is 18.2 Å². The van der Waals surface area contributed by atoms with Crippen LogP contribution in [-0.2, 0) is 0 Å². The van der Waals surface area contributed by atoms with Crippen molar-refractivity contribution in [3.63, 3.8) is 0 Å². The first kappa shape index (κ1) is 6.92. The van der Waals surface area contributed by atoms with Crippen molar-refractivity contribution in [3.05, 3.63) is 36.0 Å². The smallest absolute Gasteiger partial charge is 0.0594 e. The van der Waals surface area contributed by atoms with E-state index in [1.54, 1.807) is 0 Å². The number of fused-ring (bicyclic) bond motifs is 1. The molecule has 11 heavy (non-hydrogen) atoms. The minimum Gasteiger partial charge on any atom is -0.283 e. The molecule has 0 bridgehead atoms. The predicted molar refractivity (Wildman–Crippen MR) is 51.0 cm³/mol. The van der Waals surface area contributed by atoms with E-state index in [2.05, 4.69) is 47.5 Å². The Morgan fingerprint density at radius 3 is 2.73 bits per heavy atom. The highest BCUT2D eigenvalue weighted by Crippen LogP contribution is 2.21. The Bertz CT molecular complexity index is 353. The Morgan fingerprint density at radius 1 is 1.27 bits per heavy atom. The van der Waals surface area contributed by atoms with Gasteiger partial charge < -0.3 is 0 Å². The lowest BCUT2D eigenvalue weighted by Crippen LogP contribution is -1.71. The van der Waals surface area contributed by atoms with Crippen molar-refractivity contribution in [2.75, 3.05) is 0 Å². The van der Waals surface area contributed by atoms with Gasteiger partial charge in [0.05, 0.1) is 21.7 Å². The Balaban J connectivity index is 2.95. The van der Waals surface area contributed by atoms with Crippen LogP contribution in [0, 0.1) is 6.92 Å². The van der Waals surface area contributed by atoms with Crippen molar-refractivity contribution >= 4 is 27.1 Å². The molecule has 1 heterocycles. The third-order valence-corrected chi connectivity index (χ3v) is 2.45. The first-order chi connectivity index (χ1) is 5.29. The highest BCUT2D eigenvalue weighted by molar-refractivity contribution is 9.08. The molecule has 0 saturated carbocycles. The third-order valence-electron chi connectivity index (χ3n) is 1.87. The second kappa shape index (κ2) is 2.38. The lowest BCUT2D eigenvalue weighted by atomic mass is 10.2. The topological polar surface area (TPSA) is 4.93 Å². The summed E-state index contributed by atoms with van der Waals surface area (Å²) in [5.41, 5.74) is 2.53. The molecule has 0 N–H and O–H groups in total. The number of para-hydroxylation sites is 1. The van der Waals surface area contributed by atoms with Gasteiger partial charge in [-0.2, -0.15) is 0 Å². The molecule has 0 saturated heterocycles. The van der Waals surface area contributed by atoms with Crippen LogP contribution in [0.25, 0.3) is 10.9 Å². The zero-order chi connectivity index (χ0) is 7.84. The lowest BCUT2D eigenvalue weighted by Gasteiger charge is -1.90. The van der Waals surface area contributed by atoms with E-state index in [9.17, 15) is 0 Å². The molecular formula is C9H8BrN. The second-order valence-corrected chi connectivity index (χ2v) is 3.40. The maximum atomic E-state index is 3.43. The van der Waals surface area contributed by atoms with Gasteiger partial charge in [0.2, 0.25) is 0 Å². The average molecular weight is 210 g/mol. The molecule has 0 aliphatic carbocycles. The molecule has 0 radical (unpaired) electrons. The highest BCUT2D eigenvalue weighted by atomic mass is 79.9. The summed E-state index contributed by atoms with van der Waals surface area (Å²) in [6.07, 6.45) is 2.07. The minimum atomic E-state index is 1.23. The quantitative estimate of drug-likeness (QED) is 0.629. The van der Waals surface area contributed by atoms with Crippen LogP contribution < -0.4 is 0 Å². The molecule has 1 nitrogen and oxygen atoms in total. The number of aromatic nitrogens is 1. The number of rotatable bonds is 0. The first-order valence-corrected chi connectivity index (χ1v) is 4.23. The minimum absolute atomic E-state index is 1.23. The Labute approximate surface area is 74.0 Å². The van der Waals surface area contributed by atoms with E-state index in [4.69, 9.17) is 0 Å². The van der Waals surface area contributed by atoms with E-state index >= 15 is 0 Å². The van der Waals surface area contributed by atoms with Crippen LogP contribution >= 0.6 is 16.1 Å². The number of nitrogens with zero attached hydrogens (tertiary/aromatic N) is 1. The van der Waals surface area contributed by atoms with Gasteiger partial charge >= 0.3 is 0 Å². The molecule has 0 amide bonds. The van der Waals surface area contributed by atoms with Crippen molar-refractivity contribution < 1.29 is 0 Å². The number of aryl methyl sites for hydroxylation is 1. The van der Waals surface area contributed by atoms with Gasteiger partial charge in [0, 0.05) is 11.6 Å². The predicted octanol–water partition coefficient (Wildman–Crippen LogP) is 3.11. The van der Waals surface area contributed by atoms with Crippen molar-refractivity contribution in [1.29, 1.82) is 0 Å². The van der Waals surface area contributed by atoms with Gasteiger partial charge in [-0.15, -0.1) is 0 Å². The fourth-order valence-corrected chi connectivity index (χ4v) is 1.92. The van der Waals surface area contributed by atoms with Crippen LogP contribution in [0.15, 0.2) is 30.5 Å². The third kappa shape index (κ3) is 0.979. The summed E-state index contributed by atoms with van der Waals surface area (Å²) in [5.74, 6) is 0. The maximum Gasteiger partial charge on any atom is 0.0594 e. The number of halogens is 1. The van der Waals surface area contributed by atoms with Crippen molar-refractivity contribution in [3.8, 4) is 0 Å². The van der Waals surface area contributed by atoms with Crippen LogP contribution in [0.2, 0.25) is 0 Å². The van der Waals surface area contributed by atoms with E-state index in [0.717, 1.165) is 0 Å². The highest BCUT2D eigenvalue weighted by Gasteiger charge is 2.00. The van der Waals surface area contributed by atoms with E-state index in [-0.39, 0.29) is 0 Å². The molecule has 0 aliphatic rings. The summed E-state index contributed by atoms with van der Waals surface area (Å²) in [6.45, 7) is 2.11. The van der Waals surface area contributed by atoms with E-state index in [0.29, 0.717) is 0 Å². The monoisotopic (exact) mass is 209 g/mol. The van der Waals surface area contributed by atoms with E-state index in [1.165, 1.54) is 16.5 Å². The largest absolute Gasteiger partial charge is 0.283 e. The summed E-state index contributed by atoms with van der Waals surface area (Å²) < 4.78 is 1.97. The molecule has 0 fully saturated rings. The fourth-order valence-electron chi connectivity index (χ4n) is 1.30. The molecule has 1 aromatic carbocycles. The Kier molecular flexibility index (Phi) is 1.50. The van der Waals surface area contributed by atoms with Crippen LogP contribution in [0.4, 0.5) is 0 Å². The van der Waals surface area contributed by atoms with Gasteiger partial charge in [0.1, 0.15) is 0 Å². The molecule has 0 spiro atoms. The van der Waals surface area contributed by atoms with Crippen molar-refractivity contribution in [1.82, 2.24) is 3.59 Å². The summed E-state index contributed by atoms with van der Waals surface area (Å²) in [7, 11) is 0. The molecule has 2 rings (SSSR count). The van der Waals surface area contributed by atoms with E-state index < -0.39 is 0 Å². The van der Waals surface area contributed by atoms with Gasteiger partial charge in [-0.25, -0.2) is 0 Å².